The Morgan fingerprint density at radius 2 is 1.37 bits per heavy atom. The molecule has 1 aliphatic rings. The minimum absolute atomic E-state index is 0.00827. The van der Waals surface area contributed by atoms with E-state index in [0.29, 0.717) is 17.1 Å². The number of rotatable bonds is 10. The third kappa shape index (κ3) is 6.01. The van der Waals surface area contributed by atoms with Crippen LogP contribution < -0.4 is 20.5 Å². The van der Waals surface area contributed by atoms with Crippen LogP contribution in [0.4, 0.5) is 5.82 Å². The number of benzene rings is 4. The number of aromatic nitrogens is 2. The van der Waals surface area contributed by atoms with E-state index >= 15 is 0 Å². The molecule has 3 atom stereocenters. The summed E-state index contributed by atoms with van der Waals surface area (Å²) >= 11 is 0. The lowest BCUT2D eigenvalue weighted by atomic mass is 9.79. The number of aliphatic hydroxyl groups excluding tert-OH is 1. The van der Waals surface area contributed by atoms with E-state index in [4.69, 9.17) is 18.9 Å². The summed E-state index contributed by atoms with van der Waals surface area (Å²) in [6, 6.07) is 34.9. The average molecular weight is 620 g/mol. The summed E-state index contributed by atoms with van der Waals surface area (Å²) < 4.78 is 25.0. The largest absolute Gasteiger partial charge is 0.497 e. The molecule has 1 aliphatic heterocycles. The summed E-state index contributed by atoms with van der Waals surface area (Å²) in [6.07, 6.45) is -1.75. The zero-order valence-corrected chi connectivity index (χ0v) is 25.3. The van der Waals surface area contributed by atoms with Gasteiger partial charge in [0, 0.05) is 11.8 Å². The van der Waals surface area contributed by atoms with E-state index in [1.807, 2.05) is 78.9 Å². The summed E-state index contributed by atoms with van der Waals surface area (Å²) in [5.41, 5.74) is 0.931. The van der Waals surface area contributed by atoms with Crippen LogP contribution in [-0.4, -0.2) is 53.6 Å². The number of carbonyl (C=O) groups is 1. The fraction of sp³-hybridized carbons (Fsp3) is 0.194. The topological polar surface area (TPSA) is 121 Å². The number of aliphatic hydroxyl groups is 1. The van der Waals surface area contributed by atoms with Crippen LogP contribution >= 0.6 is 0 Å². The number of anilines is 1. The predicted octanol–water partition coefficient (Wildman–Crippen LogP) is 4.78. The molecule has 0 radical (unpaired) electrons. The molecule has 234 valence electrons. The lowest BCUT2D eigenvalue weighted by Crippen LogP contribution is -2.42. The zero-order chi connectivity index (χ0) is 32.1. The van der Waals surface area contributed by atoms with Gasteiger partial charge in [-0.15, -0.1) is 0 Å². The van der Waals surface area contributed by atoms with Gasteiger partial charge in [-0.3, -0.25) is 9.36 Å². The molecule has 6 rings (SSSR count). The van der Waals surface area contributed by atoms with Crippen LogP contribution in [-0.2, 0) is 15.1 Å². The first-order chi connectivity index (χ1) is 22.4. The molecular formula is C36H33N3O7. The third-order valence-corrected chi connectivity index (χ3v) is 7.99. The van der Waals surface area contributed by atoms with Crippen molar-refractivity contribution in [2.24, 2.45) is 0 Å². The van der Waals surface area contributed by atoms with Gasteiger partial charge >= 0.3 is 5.69 Å². The molecule has 46 heavy (non-hydrogen) atoms. The van der Waals surface area contributed by atoms with Gasteiger partial charge in [0.25, 0.3) is 5.91 Å². The lowest BCUT2D eigenvalue weighted by Gasteiger charge is -2.38. The van der Waals surface area contributed by atoms with Crippen molar-refractivity contribution in [3.63, 3.8) is 0 Å². The Morgan fingerprint density at radius 3 is 1.91 bits per heavy atom. The van der Waals surface area contributed by atoms with Gasteiger partial charge in [0.2, 0.25) is 0 Å². The molecule has 1 saturated heterocycles. The standard InChI is InChI=1S/C36H33N3O7/c1-43-28-17-13-26(14-18-28)36(25-11-7-4-8-12-25,27-15-19-29(44-2)20-16-27)46-30-23-45-34(32(30)40)39-22-21-31(38-35(39)42)37-33(41)24-9-5-3-6-10-24/h3-22,30,32,34,40H,23H2,1-2H3,(H,37,38,41,42)/t30-,32-,34-/m1/s1. The number of hydrogen-bond donors (Lipinski definition) is 2. The summed E-state index contributed by atoms with van der Waals surface area (Å²) in [5, 5.41) is 14.2. The normalized spacial score (nSPS) is 17.8. The van der Waals surface area contributed by atoms with Gasteiger partial charge in [-0.25, -0.2) is 4.79 Å². The molecule has 1 amide bonds. The second kappa shape index (κ2) is 13.4. The molecule has 5 aromatic rings. The van der Waals surface area contributed by atoms with Crippen LogP contribution in [0.15, 0.2) is 126 Å². The Hall–Kier alpha value is -5.29. The Balaban J connectivity index is 1.33. The maximum Gasteiger partial charge on any atom is 0.351 e. The Kier molecular flexibility index (Phi) is 8.93. The van der Waals surface area contributed by atoms with Crippen molar-refractivity contribution in [2.75, 3.05) is 26.1 Å². The molecule has 0 saturated carbocycles. The second-order valence-corrected chi connectivity index (χ2v) is 10.7. The molecule has 2 N–H and O–H groups in total. The van der Waals surface area contributed by atoms with Crippen LogP contribution in [0.5, 0.6) is 11.5 Å². The highest BCUT2D eigenvalue weighted by Crippen LogP contribution is 2.44. The molecule has 1 fully saturated rings. The van der Waals surface area contributed by atoms with E-state index in [1.54, 1.807) is 44.6 Å². The minimum atomic E-state index is -1.25. The minimum Gasteiger partial charge on any atom is -0.497 e. The van der Waals surface area contributed by atoms with Crippen molar-refractivity contribution >= 4 is 11.7 Å². The van der Waals surface area contributed by atoms with E-state index in [9.17, 15) is 14.7 Å². The van der Waals surface area contributed by atoms with Gasteiger partial charge in [-0.05, 0) is 59.2 Å². The van der Waals surface area contributed by atoms with Gasteiger partial charge in [-0.2, -0.15) is 4.98 Å². The van der Waals surface area contributed by atoms with Crippen molar-refractivity contribution in [2.45, 2.75) is 24.0 Å². The van der Waals surface area contributed by atoms with Crippen LogP contribution in [0.2, 0.25) is 0 Å². The zero-order valence-electron chi connectivity index (χ0n) is 25.3. The Labute approximate surface area is 265 Å². The highest BCUT2D eigenvalue weighted by molar-refractivity contribution is 6.03. The summed E-state index contributed by atoms with van der Waals surface area (Å²) in [6.45, 7) is -0.00827. The van der Waals surface area contributed by atoms with Crippen LogP contribution in [0.3, 0.4) is 0 Å². The smallest absolute Gasteiger partial charge is 0.351 e. The van der Waals surface area contributed by atoms with E-state index < -0.39 is 35.6 Å². The Bertz CT molecular complexity index is 1780. The van der Waals surface area contributed by atoms with Crippen LogP contribution in [0.25, 0.3) is 0 Å². The quantitative estimate of drug-likeness (QED) is 0.214. The number of amides is 1. The fourth-order valence-electron chi connectivity index (χ4n) is 5.63. The van der Waals surface area contributed by atoms with Crippen molar-refractivity contribution < 1.29 is 28.8 Å². The van der Waals surface area contributed by atoms with Crippen molar-refractivity contribution in [1.29, 1.82) is 0 Å². The summed E-state index contributed by atoms with van der Waals surface area (Å²) in [4.78, 5) is 29.7. The number of nitrogens with one attached hydrogen (secondary N) is 1. The highest BCUT2D eigenvalue weighted by Gasteiger charge is 2.46. The first-order valence-corrected chi connectivity index (χ1v) is 14.7. The highest BCUT2D eigenvalue weighted by atomic mass is 16.6. The second-order valence-electron chi connectivity index (χ2n) is 10.7. The third-order valence-electron chi connectivity index (χ3n) is 7.99. The number of methoxy groups -OCH3 is 2. The van der Waals surface area contributed by atoms with Crippen LogP contribution in [0, 0.1) is 0 Å². The molecule has 2 heterocycles. The monoisotopic (exact) mass is 619 g/mol. The summed E-state index contributed by atoms with van der Waals surface area (Å²) in [5.74, 6) is 1.04. The molecule has 0 aliphatic carbocycles. The van der Waals surface area contributed by atoms with Gasteiger partial charge < -0.3 is 29.4 Å². The van der Waals surface area contributed by atoms with E-state index in [0.717, 1.165) is 16.7 Å². The van der Waals surface area contributed by atoms with Gasteiger partial charge in [0.15, 0.2) is 6.23 Å². The lowest BCUT2D eigenvalue weighted by molar-refractivity contribution is -0.0904. The van der Waals surface area contributed by atoms with Crippen LogP contribution in [0.1, 0.15) is 33.3 Å². The number of carbonyl (C=O) groups excluding carboxylic acids is 1. The number of nitrogens with zero attached hydrogens (tertiary/aromatic N) is 2. The van der Waals surface area contributed by atoms with Crippen molar-refractivity contribution in [3.8, 4) is 11.5 Å². The average Bonchev–Trinajstić information content (AvgIpc) is 3.46. The van der Waals surface area contributed by atoms with Gasteiger partial charge in [0.05, 0.1) is 20.8 Å². The van der Waals surface area contributed by atoms with E-state index in [1.165, 1.54) is 16.8 Å². The van der Waals surface area contributed by atoms with Crippen molar-refractivity contribution in [3.05, 3.63) is 154 Å². The van der Waals surface area contributed by atoms with Gasteiger partial charge in [0.1, 0.15) is 35.1 Å². The van der Waals surface area contributed by atoms with E-state index in [2.05, 4.69) is 10.3 Å². The van der Waals surface area contributed by atoms with Gasteiger partial charge in [-0.1, -0.05) is 72.8 Å². The molecule has 1 aromatic heterocycles. The predicted molar refractivity (Wildman–Crippen MR) is 171 cm³/mol. The Morgan fingerprint density at radius 1 is 0.826 bits per heavy atom. The molecule has 0 spiro atoms. The first kappa shape index (κ1) is 30.7. The molecule has 4 aromatic carbocycles. The fourth-order valence-corrected chi connectivity index (χ4v) is 5.63. The molecule has 0 bridgehead atoms. The number of hydrogen-bond acceptors (Lipinski definition) is 8. The SMILES string of the molecule is COc1ccc(C(O[C@@H]2CO[C@@H](n3ccc(NC(=O)c4ccccc4)nc3=O)[C@@H]2O)(c2ccccc2)c2ccc(OC)cc2)cc1. The summed E-state index contributed by atoms with van der Waals surface area (Å²) in [7, 11) is 3.21. The first-order valence-electron chi connectivity index (χ1n) is 14.7. The molecular weight excluding hydrogens is 586 g/mol. The van der Waals surface area contributed by atoms with E-state index in [-0.39, 0.29) is 12.4 Å². The maximum atomic E-state index is 13.1. The van der Waals surface area contributed by atoms with Crippen molar-refractivity contribution in [1.82, 2.24) is 9.55 Å². The maximum absolute atomic E-state index is 13.1. The molecule has 10 heteroatoms. The molecule has 0 unspecified atom stereocenters. The molecule has 10 nitrogen and oxygen atoms in total. The number of ether oxygens (including phenoxy) is 4.